The Bertz CT molecular complexity index is 495. The van der Waals surface area contributed by atoms with E-state index in [2.05, 4.69) is 10.4 Å². The molecule has 4 aliphatic rings. The first-order valence-electron chi connectivity index (χ1n) is 8.23. The Kier molecular flexibility index (Phi) is 3.27. The van der Waals surface area contributed by atoms with Gasteiger partial charge in [-0.3, -0.25) is 16.3 Å². The summed E-state index contributed by atoms with van der Waals surface area (Å²) in [5.74, 6) is 8.26. The molecule has 0 radical (unpaired) electrons. The molecule has 5 rings (SSSR count). The molecule has 4 aliphatic carbocycles. The van der Waals surface area contributed by atoms with E-state index in [4.69, 9.17) is 5.84 Å². The molecule has 3 N–H and O–H groups in total. The monoisotopic (exact) mass is 289 g/mol. The summed E-state index contributed by atoms with van der Waals surface area (Å²) in [6.45, 7) is 0. The van der Waals surface area contributed by atoms with Crippen LogP contribution in [0.4, 0.5) is 4.39 Å². The lowest BCUT2D eigenvalue weighted by Gasteiger charge is -2.57. The van der Waals surface area contributed by atoms with E-state index in [0.717, 1.165) is 24.2 Å². The summed E-state index contributed by atoms with van der Waals surface area (Å²) in [7, 11) is 0. The van der Waals surface area contributed by atoms with Gasteiger partial charge in [-0.25, -0.2) is 4.39 Å². The molecule has 4 fully saturated rings. The van der Waals surface area contributed by atoms with Crippen molar-refractivity contribution in [3.8, 4) is 0 Å². The first-order valence-corrected chi connectivity index (χ1v) is 8.23. The maximum Gasteiger partial charge on any atom is 0.146 e. The maximum atomic E-state index is 14.0. The number of aromatic nitrogens is 1. The van der Waals surface area contributed by atoms with Gasteiger partial charge in [0.1, 0.15) is 5.82 Å². The summed E-state index contributed by atoms with van der Waals surface area (Å²) in [6.07, 6.45) is 12.2. The number of nitrogens with one attached hydrogen (secondary N) is 1. The highest BCUT2D eigenvalue weighted by molar-refractivity contribution is 5.18. The zero-order valence-corrected chi connectivity index (χ0v) is 12.4. The second kappa shape index (κ2) is 5.03. The molecule has 4 bridgehead atoms. The highest BCUT2D eigenvalue weighted by Crippen LogP contribution is 2.62. The van der Waals surface area contributed by atoms with Gasteiger partial charge in [0.15, 0.2) is 0 Å². The topological polar surface area (TPSA) is 50.9 Å². The molecule has 1 aromatic rings. The van der Waals surface area contributed by atoms with Crippen LogP contribution in [0, 0.1) is 29.0 Å². The molecular weight excluding hydrogens is 265 g/mol. The van der Waals surface area contributed by atoms with Crippen LogP contribution >= 0.6 is 0 Å². The van der Waals surface area contributed by atoms with E-state index in [1.807, 2.05) is 0 Å². The molecule has 21 heavy (non-hydrogen) atoms. The number of nitrogens with zero attached hydrogens (tertiary/aromatic N) is 1. The average molecular weight is 289 g/mol. The smallest absolute Gasteiger partial charge is 0.146 e. The minimum absolute atomic E-state index is 0.0933. The standard InChI is InChI=1S/C17H24FN3/c18-15-10-20-2-1-14(15)16(21-19)9-17-6-11-3-12(7-17)5-13(4-11)8-17/h1-2,10-13,16,21H,3-9,19H2. The van der Waals surface area contributed by atoms with Gasteiger partial charge in [-0.1, -0.05) is 0 Å². The molecule has 1 aromatic heterocycles. The van der Waals surface area contributed by atoms with Crippen LogP contribution in [-0.2, 0) is 0 Å². The summed E-state index contributed by atoms with van der Waals surface area (Å²) in [6, 6.07) is 1.67. The third-order valence-corrected chi connectivity index (χ3v) is 6.18. The van der Waals surface area contributed by atoms with Crippen molar-refractivity contribution in [1.82, 2.24) is 10.4 Å². The van der Waals surface area contributed by atoms with E-state index >= 15 is 0 Å². The van der Waals surface area contributed by atoms with Crippen LogP contribution in [0.25, 0.3) is 0 Å². The van der Waals surface area contributed by atoms with Gasteiger partial charge in [0.2, 0.25) is 0 Å². The number of hydrazine groups is 1. The van der Waals surface area contributed by atoms with E-state index in [1.165, 1.54) is 44.7 Å². The fraction of sp³-hybridized carbons (Fsp3) is 0.706. The highest BCUT2D eigenvalue weighted by atomic mass is 19.1. The first-order chi connectivity index (χ1) is 10.2. The van der Waals surface area contributed by atoms with E-state index in [0.29, 0.717) is 11.0 Å². The predicted octanol–water partition coefficient (Wildman–Crippen LogP) is 3.33. The average Bonchev–Trinajstić information content (AvgIpc) is 2.44. The minimum Gasteiger partial charge on any atom is -0.271 e. The van der Waals surface area contributed by atoms with Crippen molar-refractivity contribution in [2.24, 2.45) is 29.0 Å². The fourth-order valence-corrected chi connectivity index (χ4v) is 5.90. The van der Waals surface area contributed by atoms with E-state index in [9.17, 15) is 4.39 Å². The van der Waals surface area contributed by atoms with Gasteiger partial charge in [0.25, 0.3) is 0 Å². The summed E-state index contributed by atoms with van der Waals surface area (Å²) in [5.41, 5.74) is 3.93. The Morgan fingerprint density at radius 1 is 1.24 bits per heavy atom. The van der Waals surface area contributed by atoms with Gasteiger partial charge >= 0.3 is 0 Å². The lowest BCUT2D eigenvalue weighted by Crippen LogP contribution is -2.48. The molecule has 1 atom stereocenters. The maximum absolute atomic E-state index is 14.0. The van der Waals surface area contributed by atoms with E-state index in [1.54, 1.807) is 12.3 Å². The van der Waals surface area contributed by atoms with Crippen LogP contribution in [0.15, 0.2) is 18.5 Å². The quantitative estimate of drug-likeness (QED) is 0.660. The van der Waals surface area contributed by atoms with Crippen molar-refractivity contribution in [3.63, 3.8) is 0 Å². The predicted molar refractivity (Wildman–Crippen MR) is 79.5 cm³/mol. The number of hydrogen-bond donors (Lipinski definition) is 2. The normalized spacial score (nSPS) is 38.7. The Morgan fingerprint density at radius 3 is 2.38 bits per heavy atom. The number of nitrogens with two attached hydrogens (primary N) is 1. The lowest BCUT2D eigenvalue weighted by molar-refractivity contribution is -0.0624. The molecule has 114 valence electrons. The molecule has 0 aliphatic heterocycles. The molecule has 1 unspecified atom stereocenters. The molecule has 4 heteroatoms. The van der Waals surface area contributed by atoms with Crippen molar-refractivity contribution >= 4 is 0 Å². The van der Waals surface area contributed by atoms with Crippen LogP contribution in [0.1, 0.15) is 56.6 Å². The van der Waals surface area contributed by atoms with Gasteiger partial charge in [0.05, 0.1) is 6.20 Å². The third kappa shape index (κ3) is 2.38. The third-order valence-electron chi connectivity index (χ3n) is 6.18. The summed E-state index contributed by atoms with van der Waals surface area (Å²) < 4.78 is 14.0. The van der Waals surface area contributed by atoms with Crippen molar-refractivity contribution in [2.75, 3.05) is 0 Å². The number of halogens is 1. The SMILES string of the molecule is NNC(CC12CC3CC(CC(C3)C1)C2)c1ccncc1F. The molecule has 0 aromatic carbocycles. The van der Waals surface area contributed by atoms with Gasteiger partial charge in [-0.2, -0.15) is 0 Å². The Balaban J connectivity index is 1.58. The van der Waals surface area contributed by atoms with E-state index in [-0.39, 0.29) is 11.9 Å². The lowest BCUT2D eigenvalue weighted by atomic mass is 9.48. The molecule has 0 saturated heterocycles. The van der Waals surface area contributed by atoms with Crippen LogP contribution in [0.3, 0.4) is 0 Å². The number of pyridine rings is 1. The molecule has 1 heterocycles. The Morgan fingerprint density at radius 2 is 1.86 bits per heavy atom. The van der Waals surface area contributed by atoms with Crippen LogP contribution < -0.4 is 11.3 Å². The van der Waals surface area contributed by atoms with Crippen LogP contribution in [0.2, 0.25) is 0 Å². The Hall–Kier alpha value is -1.00. The number of rotatable bonds is 4. The minimum atomic E-state index is -0.245. The summed E-state index contributed by atoms with van der Waals surface area (Å²) in [4.78, 5) is 3.84. The zero-order chi connectivity index (χ0) is 14.4. The molecule has 4 saturated carbocycles. The van der Waals surface area contributed by atoms with Crippen molar-refractivity contribution < 1.29 is 4.39 Å². The second-order valence-electron chi connectivity index (χ2n) is 7.74. The van der Waals surface area contributed by atoms with Gasteiger partial charge < -0.3 is 0 Å². The summed E-state index contributed by atoms with van der Waals surface area (Å²) in [5, 5.41) is 0. The first kappa shape index (κ1) is 13.6. The van der Waals surface area contributed by atoms with Crippen molar-refractivity contribution in [2.45, 2.75) is 51.0 Å². The molecule has 0 spiro atoms. The zero-order valence-electron chi connectivity index (χ0n) is 12.4. The van der Waals surface area contributed by atoms with Crippen LogP contribution in [0.5, 0.6) is 0 Å². The van der Waals surface area contributed by atoms with Crippen molar-refractivity contribution in [1.29, 1.82) is 0 Å². The fourth-order valence-electron chi connectivity index (χ4n) is 5.90. The molecular formula is C17H24FN3. The number of hydrogen-bond acceptors (Lipinski definition) is 3. The molecule has 0 amide bonds. The van der Waals surface area contributed by atoms with Gasteiger partial charge in [-0.15, -0.1) is 0 Å². The largest absolute Gasteiger partial charge is 0.271 e. The summed E-state index contributed by atoms with van der Waals surface area (Å²) >= 11 is 0. The highest BCUT2D eigenvalue weighted by Gasteiger charge is 2.51. The van der Waals surface area contributed by atoms with Crippen molar-refractivity contribution in [3.05, 3.63) is 29.8 Å². The Labute approximate surface area is 125 Å². The van der Waals surface area contributed by atoms with Gasteiger partial charge in [0, 0.05) is 17.8 Å². The van der Waals surface area contributed by atoms with Crippen LogP contribution in [-0.4, -0.2) is 4.98 Å². The second-order valence-corrected chi connectivity index (χ2v) is 7.74. The van der Waals surface area contributed by atoms with Gasteiger partial charge in [-0.05, 0) is 74.2 Å². The van der Waals surface area contributed by atoms with E-state index < -0.39 is 0 Å². The molecule has 3 nitrogen and oxygen atoms in total.